The van der Waals surface area contributed by atoms with E-state index >= 15 is 0 Å². The van der Waals surface area contributed by atoms with Crippen molar-refractivity contribution < 1.29 is 4.79 Å². The second kappa shape index (κ2) is 7.71. The number of carbonyl (C=O) groups is 1. The van der Waals surface area contributed by atoms with Crippen molar-refractivity contribution in [2.24, 2.45) is 0 Å². The van der Waals surface area contributed by atoms with Crippen molar-refractivity contribution in [3.05, 3.63) is 11.2 Å². The molecule has 0 saturated carbocycles. The fraction of sp³-hybridized carbons (Fsp3) is 0.545. The largest absolute Gasteiger partial charge is 0.368 e. The fourth-order valence-corrected chi connectivity index (χ4v) is 1.42. The average molecular weight is 272 g/mol. The lowest BCUT2D eigenvalue weighted by Crippen LogP contribution is -2.26. The third kappa shape index (κ3) is 4.75. The number of anilines is 2. The molecule has 0 aromatic carbocycles. The smallest absolute Gasteiger partial charge is 0.224 e. The number of aromatic nitrogens is 2. The molecule has 0 aliphatic rings. The predicted molar refractivity (Wildman–Crippen MR) is 73.0 cm³/mol. The summed E-state index contributed by atoms with van der Waals surface area (Å²) in [5, 5.41) is 9.06. The molecule has 6 nitrogen and oxygen atoms in total. The van der Waals surface area contributed by atoms with Crippen LogP contribution in [0.15, 0.2) is 6.20 Å². The Morgan fingerprint density at radius 2 is 2.22 bits per heavy atom. The minimum atomic E-state index is 0.0170. The summed E-state index contributed by atoms with van der Waals surface area (Å²) in [6, 6.07) is 0. The number of carbonyl (C=O) groups excluding carboxylic acids is 1. The first-order valence-corrected chi connectivity index (χ1v) is 6.26. The number of halogens is 1. The van der Waals surface area contributed by atoms with Crippen molar-refractivity contribution in [2.45, 2.75) is 19.8 Å². The molecule has 1 aromatic heterocycles. The zero-order valence-corrected chi connectivity index (χ0v) is 11.3. The van der Waals surface area contributed by atoms with E-state index in [0.717, 1.165) is 6.42 Å². The Bertz CT molecular complexity index is 399. The van der Waals surface area contributed by atoms with Gasteiger partial charge >= 0.3 is 0 Å². The summed E-state index contributed by atoms with van der Waals surface area (Å²) in [6.45, 7) is 3.20. The van der Waals surface area contributed by atoms with Crippen molar-refractivity contribution in [2.75, 3.05) is 30.8 Å². The highest BCUT2D eigenvalue weighted by atomic mass is 35.5. The molecule has 0 fully saturated rings. The molecule has 1 heterocycles. The van der Waals surface area contributed by atoms with Crippen molar-refractivity contribution in [3.63, 3.8) is 0 Å². The Hall–Kier alpha value is -1.56. The van der Waals surface area contributed by atoms with Gasteiger partial charge in [0.25, 0.3) is 0 Å². The molecular weight excluding hydrogens is 254 g/mol. The van der Waals surface area contributed by atoms with Crippen LogP contribution in [0.1, 0.15) is 19.8 Å². The summed E-state index contributed by atoms with van der Waals surface area (Å²) in [5.74, 6) is 1.03. The first-order chi connectivity index (χ1) is 8.67. The highest BCUT2D eigenvalue weighted by molar-refractivity contribution is 6.32. The molecule has 1 aromatic rings. The topological polar surface area (TPSA) is 78.9 Å². The maximum Gasteiger partial charge on any atom is 0.224 e. The number of rotatable bonds is 7. The average Bonchev–Trinajstić information content (AvgIpc) is 2.38. The van der Waals surface area contributed by atoms with Gasteiger partial charge < -0.3 is 16.0 Å². The number of hydrogen-bond acceptors (Lipinski definition) is 5. The molecule has 0 aliphatic heterocycles. The van der Waals surface area contributed by atoms with Gasteiger partial charge in [-0.15, -0.1) is 0 Å². The second-order valence-electron chi connectivity index (χ2n) is 3.67. The van der Waals surface area contributed by atoms with Crippen LogP contribution in [0.3, 0.4) is 0 Å². The lowest BCUT2D eigenvalue weighted by Gasteiger charge is -2.08. The van der Waals surface area contributed by atoms with Gasteiger partial charge in [-0.05, 0) is 6.42 Å². The first kappa shape index (κ1) is 14.5. The van der Waals surface area contributed by atoms with Crippen LogP contribution in [-0.2, 0) is 4.79 Å². The molecule has 100 valence electrons. The lowest BCUT2D eigenvalue weighted by molar-refractivity contribution is -0.120. The number of amides is 1. The molecule has 3 N–H and O–H groups in total. The predicted octanol–water partition coefficient (Wildman–Crippen LogP) is 1.50. The Labute approximate surface area is 112 Å². The highest BCUT2D eigenvalue weighted by Crippen LogP contribution is 2.18. The highest BCUT2D eigenvalue weighted by Gasteiger charge is 2.05. The van der Waals surface area contributed by atoms with Crippen LogP contribution in [0.25, 0.3) is 0 Å². The standard InChI is InChI=1S/C11H18ClN5O/c1-3-5-14-9(18)4-6-15-10-8(12)7-16-11(13-2)17-10/h7H,3-6H2,1-2H3,(H,14,18)(H2,13,15,16,17). The zero-order valence-electron chi connectivity index (χ0n) is 10.6. The summed E-state index contributed by atoms with van der Waals surface area (Å²) < 4.78 is 0. The SMILES string of the molecule is CCCNC(=O)CCNc1nc(NC)ncc1Cl. The molecule has 7 heteroatoms. The molecule has 0 aliphatic carbocycles. The van der Waals surface area contributed by atoms with Gasteiger partial charge in [-0.2, -0.15) is 4.98 Å². The van der Waals surface area contributed by atoms with Crippen LogP contribution in [0.4, 0.5) is 11.8 Å². The van der Waals surface area contributed by atoms with E-state index in [2.05, 4.69) is 25.9 Å². The summed E-state index contributed by atoms with van der Waals surface area (Å²) in [4.78, 5) is 19.5. The summed E-state index contributed by atoms with van der Waals surface area (Å²) in [7, 11) is 1.73. The lowest BCUT2D eigenvalue weighted by atomic mass is 10.3. The molecule has 0 bridgehead atoms. The molecule has 0 atom stereocenters. The molecule has 1 rings (SSSR count). The molecule has 0 unspecified atom stereocenters. The van der Waals surface area contributed by atoms with E-state index in [1.165, 1.54) is 6.20 Å². The van der Waals surface area contributed by atoms with Crippen LogP contribution in [0.5, 0.6) is 0 Å². The minimum absolute atomic E-state index is 0.0170. The summed E-state index contributed by atoms with van der Waals surface area (Å²) in [5.41, 5.74) is 0. The fourth-order valence-electron chi connectivity index (χ4n) is 1.26. The molecule has 0 radical (unpaired) electrons. The van der Waals surface area contributed by atoms with E-state index in [0.29, 0.717) is 36.3 Å². The number of nitrogens with one attached hydrogen (secondary N) is 3. The van der Waals surface area contributed by atoms with Gasteiger partial charge in [0.2, 0.25) is 11.9 Å². The van der Waals surface area contributed by atoms with Gasteiger partial charge in [0, 0.05) is 26.6 Å². The Balaban J connectivity index is 2.41. The molecule has 0 saturated heterocycles. The van der Waals surface area contributed by atoms with Gasteiger partial charge in [-0.3, -0.25) is 4.79 Å². The molecule has 0 spiro atoms. The number of nitrogens with zero attached hydrogens (tertiary/aromatic N) is 2. The molecular formula is C11H18ClN5O. The van der Waals surface area contributed by atoms with Crippen LogP contribution < -0.4 is 16.0 Å². The summed E-state index contributed by atoms with van der Waals surface area (Å²) in [6.07, 6.45) is 2.83. The van der Waals surface area contributed by atoms with Gasteiger partial charge in [-0.1, -0.05) is 18.5 Å². The van der Waals surface area contributed by atoms with Crippen LogP contribution in [0, 0.1) is 0 Å². The van der Waals surface area contributed by atoms with Crippen LogP contribution >= 0.6 is 11.6 Å². The van der Waals surface area contributed by atoms with Gasteiger partial charge in [0.05, 0.1) is 6.20 Å². The third-order valence-corrected chi connectivity index (χ3v) is 2.46. The van der Waals surface area contributed by atoms with E-state index in [9.17, 15) is 4.79 Å². The molecule has 18 heavy (non-hydrogen) atoms. The van der Waals surface area contributed by atoms with E-state index in [1.54, 1.807) is 7.05 Å². The van der Waals surface area contributed by atoms with Crippen molar-refractivity contribution in [3.8, 4) is 0 Å². The summed E-state index contributed by atoms with van der Waals surface area (Å²) >= 11 is 5.94. The van der Waals surface area contributed by atoms with Crippen LogP contribution in [0.2, 0.25) is 5.02 Å². The third-order valence-electron chi connectivity index (χ3n) is 2.18. The van der Waals surface area contributed by atoms with E-state index in [-0.39, 0.29) is 5.91 Å². The quantitative estimate of drug-likeness (QED) is 0.700. The maximum atomic E-state index is 11.4. The minimum Gasteiger partial charge on any atom is -0.368 e. The Kier molecular flexibility index (Phi) is 6.21. The maximum absolute atomic E-state index is 11.4. The van der Waals surface area contributed by atoms with Crippen molar-refractivity contribution in [1.29, 1.82) is 0 Å². The van der Waals surface area contributed by atoms with E-state index < -0.39 is 0 Å². The zero-order chi connectivity index (χ0) is 13.4. The van der Waals surface area contributed by atoms with Gasteiger partial charge in [-0.25, -0.2) is 4.98 Å². The van der Waals surface area contributed by atoms with Gasteiger partial charge in [0.15, 0.2) is 0 Å². The van der Waals surface area contributed by atoms with E-state index in [1.807, 2.05) is 6.92 Å². The van der Waals surface area contributed by atoms with Crippen molar-refractivity contribution in [1.82, 2.24) is 15.3 Å². The van der Waals surface area contributed by atoms with Crippen molar-refractivity contribution >= 4 is 29.3 Å². The first-order valence-electron chi connectivity index (χ1n) is 5.88. The monoisotopic (exact) mass is 271 g/mol. The Morgan fingerprint density at radius 3 is 2.89 bits per heavy atom. The number of hydrogen-bond donors (Lipinski definition) is 3. The van der Waals surface area contributed by atoms with E-state index in [4.69, 9.17) is 11.6 Å². The van der Waals surface area contributed by atoms with Crippen LogP contribution in [-0.4, -0.2) is 36.0 Å². The normalized spacial score (nSPS) is 9.94. The Morgan fingerprint density at radius 1 is 1.44 bits per heavy atom. The van der Waals surface area contributed by atoms with Gasteiger partial charge in [0.1, 0.15) is 10.8 Å². The molecule has 1 amide bonds. The second-order valence-corrected chi connectivity index (χ2v) is 4.07.